The number of aromatic nitrogens is 1. The van der Waals surface area contributed by atoms with Gasteiger partial charge in [0.05, 0.1) is 24.8 Å². The molecule has 0 aliphatic carbocycles. The summed E-state index contributed by atoms with van der Waals surface area (Å²) in [4.78, 5) is 27.8. The van der Waals surface area contributed by atoms with Crippen molar-refractivity contribution < 1.29 is 27.5 Å². The second-order valence-electron chi connectivity index (χ2n) is 4.52. The number of benzene rings is 1. The van der Waals surface area contributed by atoms with Gasteiger partial charge in [0.25, 0.3) is 5.91 Å². The summed E-state index contributed by atoms with van der Waals surface area (Å²) in [6.07, 6.45) is -4.63. The van der Waals surface area contributed by atoms with E-state index in [9.17, 15) is 22.8 Å². The van der Waals surface area contributed by atoms with Crippen LogP contribution in [0, 0.1) is 0 Å². The molecule has 0 aliphatic heterocycles. The third-order valence-electron chi connectivity index (χ3n) is 2.89. The van der Waals surface area contributed by atoms with Crippen molar-refractivity contribution in [2.75, 3.05) is 12.4 Å². The van der Waals surface area contributed by atoms with Gasteiger partial charge in [-0.2, -0.15) is 13.2 Å². The lowest BCUT2D eigenvalue weighted by molar-refractivity contribution is -0.140. The average Bonchev–Trinajstić information content (AvgIpc) is 2.87. The van der Waals surface area contributed by atoms with Crippen LogP contribution in [0.15, 0.2) is 28.2 Å². The summed E-state index contributed by atoms with van der Waals surface area (Å²) in [5.74, 6) is -1.13. The van der Waals surface area contributed by atoms with E-state index in [1.54, 1.807) is 0 Å². The number of hydrogen-bond donors (Lipinski definition) is 1. The van der Waals surface area contributed by atoms with Gasteiger partial charge in [0.1, 0.15) is 4.88 Å². The molecule has 128 valence electrons. The van der Waals surface area contributed by atoms with E-state index >= 15 is 0 Å². The number of alkyl halides is 3. The fraction of sp³-hybridized carbons (Fsp3) is 0.214. The quantitative estimate of drug-likeness (QED) is 0.758. The Hall–Kier alpha value is -1.94. The third-order valence-corrected chi connectivity index (χ3v) is 4.43. The SMILES string of the molecule is COC(=O)Cc1nc(Br)sc1C(=O)Nc1ccc(C(F)(F)F)cc1. The van der Waals surface area contributed by atoms with Gasteiger partial charge in [-0.1, -0.05) is 0 Å². The summed E-state index contributed by atoms with van der Waals surface area (Å²) in [6, 6.07) is 4.04. The lowest BCUT2D eigenvalue weighted by atomic mass is 10.2. The van der Waals surface area contributed by atoms with Crippen molar-refractivity contribution in [3.8, 4) is 0 Å². The van der Waals surface area contributed by atoms with Crippen molar-refractivity contribution >= 4 is 44.8 Å². The van der Waals surface area contributed by atoms with E-state index in [1.807, 2.05) is 0 Å². The standard InChI is InChI=1S/C14H10BrF3N2O3S/c1-23-10(21)6-9-11(24-13(15)20-9)12(22)19-8-4-2-7(3-5-8)14(16,17)18/h2-5H,6H2,1H3,(H,19,22). The highest BCUT2D eigenvalue weighted by Gasteiger charge is 2.30. The zero-order chi connectivity index (χ0) is 17.9. The Morgan fingerprint density at radius 2 is 1.92 bits per heavy atom. The number of methoxy groups -OCH3 is 1. The molecule has 1 amide bonds. The van der Waals surface area contributed by atoms with Gasteiger partial charge >= 0.3 is 12.1 Å². The van der Waals surface area contributed by atoms with Crippen molar-refractivity contribution in [2.45, 2.75) is 12.6 Å². The minimum Gasteiger partial charge on any atom is -0.469 e. The first-order valence-electron chi connectivity index (χ1n) is 6.41. The largest absolute Gasteiger partial charge is 0.469 e. The van der Waals surface area contributed by atoms with Crippen LogP contribution in [-0.4, -0.2) is 24.0 Å². The number of thiazole rings is 1. The number of amides is 1. The topological polar surface area (TPSA) is 68.3 Å². The first-order chi connectivity index (χ1) is 11.2. The smallest absolute Gasteiger partial charge is 0.416 e. The van der Waals surface area contributed by atoms with Crippen LogP contribution in [0.5, 0.6) is 0 Å². The zero-order valence-electron chi connectivity index (χ0n) is 12.1. The van der Waals surface area contributed by atoms with Gasteiger partial charge in [0, 0.05) is 5.69 Å². The number of carbonyl (C=O) groups is 2. The van der Waals surface area contributed by atoms with Crippen molar-refractivity contribution in [1.82, 2.24) is 4.98 Å². The highest BCUT2D eigenvalue weighted by atomic mass is 79.9. The molecule has 0 fully saturated rings. The maximum absolute atomic E-state index is 12.5. The molecule has 1 N–H and O–H groups in total. The monoisotopic (exact) mass is 422 g/mol. The molecule has 0 spiro atoms. The lowest BCUT2D eigenvalue weighted by Gasteiger charge is -2.08. The van der Waals surface area contributed by atoms with Crippen LogP contribution in [0.1, 0.15) is 20.9 Å². The predicted molar refractivity (Wildman–Crippen MR) is 84.9 cm³/mol. The summed E-state index contributed by atoms with van der Waals surface area (Å²) in [5, 5.41) is 2.47. The minimum absolute atomic E-state index is 0.173. The molecule has 2 aromatic rings. The van der Waals surface area contributed by atoms with Gasteiger partial charge in [-0.15, -0.1) is 11.3 Å². The Kier molecular flexibility index (Phi) is 5.60. The highest BCUT2D eigenvalue weighted by molar-refractivity contribution is 9.11. The summed E-state index contributed by atoms with van der Waals surface area (Å²) in [5.41, 5.74) is -0.392. The Balaban J connectivity index is 2.17. The molecule has 0 radical (unpaired) electrons. The summed E-state index contributed by atoms with van der Waals surface area (Å²) in [6.45, 7) is 0. The average molecular weight is 423 g/mol. The molecule has 1 aromatic carbocycles. The number of halogens is 4. The van der Waals surface area contributed by atoms with Gasteiger partial charge < -0.3 is 10.1 Å². The Morgan fingerprint density at radius 1 is 1.29 bits per heavy atom. The number of nitrogens with zero attached hydrogens (tertiary/aromatic N) is 1. The highest BCUT2D eigenvalue weighted by Crippen LogP contribution is 2.30. The van der Waals surface area contributed by atoms with Crippen molar-refractivity contribution in [2.24, 2.45) is 0 Å². The van der Waals surface area contributed by atoms with Crippen LogP contribution >= 0.6 is 27.3 Å². The van der Waals surface area contributed by atoms with Crippen LogP contribution in [0.4, 0.5) is 18.9 Å². The van der Waals surface area contributed by atoms with Gasteiger partial charge in [-0.25, -0.2) is 4.98 Å². The van der Waals surface area contributed by atoms with E-state index in [1.165, 1.54) is 7.11 Å². The molecule has 0 saturated heterocycles. The van der Waals surface area contributed by atoms with Gasteiger partial charge in [-0.3, -0.25) is 9.59 Å². The molecule has 10 heteroatoms. The number of rotatable bonds is 4. The number of esters is 1. The van der Waals surface area contributed by atoms with Gasteiger partial charge in [-0.05, 0) is 40.2 Å². The second kappa shape index (κ2) is 7.31. The third kappa shape index (κ3) is 4.54. The number of carbonyl (C=O) groups excluding carboxylic acids is 2. The molecule has 1 aromatic heterocycles. The van der Waals surface area contributed by atoms with Crippen LogP contribution in [-0.2, 0) is 22.1 Å². The summed E-state index contributed by atoms with van der Waals surface area (Å²) in [7, 11) is 1.21. The number of hydrogen-bond acceptors (Lipinski definition) is 5. The van der Waals surface area contributed by atoms with E-state index in [0.29, 0.717) is 3.92 Å². The lowest BCUT2D eigenvalue weighted by Crippen LogP contribution is -2.15. The number of nitrogens with one attached hydrogen (secondary N) is 1. The molecule has 5 nitrogen and oxygen atoms in total. The van der Waals surface area contributed by atoms with Crippen LogP contribution in [0.2, 0.25) is 0 Å². The second-order valence-corrected chi connectivity index (χ2v) is 6.80. The summed E-state index contributed by atoms with van der Waals surface area (Å²) < 4.78 is 42.5. The first-order valence-corrected chi connectivity index (χ1v) is 8.02. The molecule has 0 atom stereocenters. The van der Waals surface area contributed by atoms with Crippen LogP contribution in [0.25, 0.3) is 0 Å². The van der Waals surface area contributed by atoms with E-state index in [-0.39, 0.29) is 22.7 Å². The molecule has 0 bridgehead atoms. The fourth-order valence-electron chi connectivity index (χ4n) is 1.76. The maximum atomic E-state index is 12.5. The van der Waals surface area contributed by atoms with Crippen LogP contribution in [0.3, 0.4) is 0 Å². The van der Waals surface area contributed by atoms with Crippen molar-refractivity contribution in [1.29, 1.82) is 0 Å². The number of anilines is 1. The molecular weight excluding hydrogens is 413 g/mol. The normalized spacial score (nSPS) is 11.2. The first kappa shape index (κ1) is 18.4. The molecule has 24 heavy (non-hydrogen) atoms. The molecular formula is C14H10BrF3N2O3S. The van der Waals surface area contributed by atoms with E-state index in [0.717, 1.165) is 35.6 Å². The molecule has 1 heterocycles. The molecule has 0 unspecified atom stereocenters. The molecule has 2 rings (SSSR count). The van der Waals surface area contributed by atoms with E-state index in [4.69, 9.17) is 0 Å². The van der Waals surface area contributed by atoms with Crippen molar-refractivity contribution in [3.63, 3.8) is 0 Å². The summed E-state index contributed by atoms with van der Waals surface area (Å²) >= 11 is 4.14. The number of ether oxygens (including phenoxy) is 1. The van der Waals surface area contributed by atoms with Crippen LogP contribution < -0.4 is 5.32 Å². The maximum Gasteiger partial charge on any atom is 0.416 e. The van der Waals surface area contributed by atoms with E-state index in [2.05, 4.69) is 31.0 Å². The fourth-order valence-corrected chi connectivity index (χ4v) is 3.16. The van der Waals surface area contributed by atoms with E-state index < -0.39 is 23.6 Å². The van der Waals surface area contributed by atoms with Gasteiger partial charge in [0.2, 0.25) is 0 Å². The Bertz CT molecular complexity index is 760. The molecule has 0 aliphatic rings. The van der Waals surface area contributed by atoms with Gasteiger partial charge in [0.15, 0.2) is 3.92 Å². The Labute approximate surface area is 147 Å². The minimum atomic E-state index is -4.45. The zero-order valence-corrected chi connectivity index (χ0v) is 14.5. The predicted octanol–water partition coefficient (Wildman–Crippen LogP) is 3.89. The van der Waals surface area contributed by atoms with Crippen molar-refractivity contribution in [3.05, 3.63) is 44.3 Å². The Morgan fingerprint density at radius 3 is 2.46 bits per heavy atom. The molecule has 0 saturated carbocycles.